The molecule has 0 aromatic heterocycles. The van der Waals surface area contributed by atoms with Crippen LogP contribution in [0.1, 0.15) is 19.8 Å². The molecule has 0 aromatic carbocycles. The zero-order chi connectivity index (χ0) is 7.82. The molecule has 3 heteroatoms. The maximum absolute atomic E-state index is 9.82. The standard InChI is InChI=1S/C7H13NO2/c1-3-4-7(5-10-2)8-6-9/h7H,3-5H2,1-2H3. The lowest BCUT2D eigenvalue weighted by atomic mass is 10.2. The van der Waals surface area contributed by atoms with Crippen molar-refractivity contribution in [1.29, 1.82) is 0 Å². The van der Waals surface area contributed by atoms with Crippen LogP contribution >= 0.6 is 0 Å². The third kappa shape index (κ3) is 4.24. The van der Waals surface area contributed by atoms with E-state index in [9.17, 15) is 4.79 Å². The normalized spacial score (nSPS) is 12.2. The van der Waals surface area contributed by atoms with Crippen LogP contribution in [0.2, 0.25) is 0 Å². The summed E-state index contributed by atoms with van der Waals surface area (Å²) in [5, 5.41) is 0. The van der Waals surface area contributed by atoms with Gasteiger partial charge in [-0.3, -0.25) is 0 Å². The highest BCUT2D eigenvalue weighted by atomic mass is 16.5. The molecule has 1 unspecified atom stereocenters. The van der Waals surface area contributed by atoms with Crippen LogP contribution in [-0.4, -0.2) is 25.8 Å². The second kappa shape index (κ2) is 6.46. The Morgan fingerprint density at radius 1 is 1.70 bits per heavy atom. The minimum atomic E-state index is 0.00694. The van der Waals surface area contributed by atoms with Gasteiger partial charge >= 0.3 is 0 Å². The van der Waals surface area contributed by atoms with Crippen LogP contribution in [0.3, 0.4) is 0 Å². The number of isocyanates is 1. The predicted molar refractivity (Wildman–Crippen MR) is 38.7 cm³/mol. The molecule has 0 heterocycles. The zero-order valence-electron chi connectivity index (χ0n) is 6.46. The van der Waals surface area contributed by atoms with Crippen molar-refractivity contribution in [2.24, 2.45) is 4.99 Å². The van der Waals surface area contributed by atoms with Gasteiger partial charge in [0.05, 0.1) is 12.6 Å². The van der Waals surface area contributed by atoms with Gasteiger partial charge in [-0.2, -0.15) is 0 Å². The summed E-state index contributed by atoms with van der Waals surface area (Å²) in [6, 6.07) is 0.00694. The summed E-state index contributed by atoms with van der Waals surface area (Å²) in [5.74, 6) is 0. The molecule has 0 saturated carbocycles. The van der Waals surface area contributed by atoms with Crippen molar-refractivity contribution in [3.8, 4) is 0 Å². The van der Waals surface area contributed by atoms with Crippen LogP contribution in [0.25, 0.3) is 0 Å². The first-order valence-corrected chi connectivity index (χ1v) is 3.41. The highest BCUT2D eigenvalue weighted by Crippen LogP contribution is 2.00. The van der Waals surface area contributed by atoms with E-state index in [1.807, 2.05) is 6.92 Å². The van der Waals surface area contributed by atoms with Crippen LogP contribution in [0, 0.1) is 0 Å². The van der Waals surface area contributed by atoms with Crippen molar-refractivity contribution < 1.29 is 9.53 Å². The van der Waals surface area contributed by atoms with E-state index in [0.29, 0.717) is 6.61 Å². The number of rotatable bonds is 5. The molecule has 0 saturated heterocycles. The molecule has 0 aliphatic carbocycles. The molecule has 0 aromatic rings. The van der Waals surface area contributed by atoms with E-state index < -0.39 is 0 Å². The van der Waals surface area contributed by atoms with Crippen LogP contribution in [0.15, 0.2) is 4.99 Å². The third-order valence-corrected chi connectivity index (χ3v) is 1.22. The Hall–Kier alpha value is -0.660. The van der Waals surface area contributed by atoms with E-state index in [-0.39, 0.29) is 6.04 Å². The fourth-order valence-corrected chi connectivity index (χ4v) is 0.785. The minimum absolute atomic E-state index is 0.00694. The fraction of sp³-hybridized carbons (Fsp3) is 0.857. The molecule has 0 aliphatic heterocycles. The Morgan fingerprint density at radius 2 is 2.40 bits per heavy atom. The van der Waals surface area contributed by atoms with E-state index in [2.05, 4.69) is 4.99 Å². The number of nitrogens with zero attached hydrogens (tertiary/aromatic N) is 1. The van der Waals surface area contributed by atoms with E-state index in [1.54, 1.807) is 7.11 Å². The third-order valence-electron chi connectivity index (χ3n) is 1.22. The topological polar surface area (TPSA) is 38.7 Å². The Morgan fingerprint density at radius 3 is 2.80 bits per heavy atom. The molecule has 3 nitrogen and oxygen atoms in total. The summed E-state index contributed by atoms with van der Waals surface area (Å²) in [7, 11) is 1.60. The quantitative estimate of drug-likeness (QED) is 0.427. The molecule has 0 bridgehead atoms. The molecule has 0 radical (unpaired) electrons. The predicted octanol–water partition coefficient (Wildman–Crippen LogP) is 1.14. The van der Waals surface area contributed by atoms with Crippen LogP contribution in [-0.2, 0) is 9.53 Å². The first-order valence-electron chi connectivity index (χ1n) is 3.41. The minimum Gasteiger partial charge on any atom is -0.382 e. The molecule has 0 fully saturated rings. The van der Waals surface area contributed by atoms with Gasteiger partial charge in [-0.15, -0.1) is 0 Å². The average molecular weight is 143 g/mol. The van der Waals surface area contributed by atoms with Gasteiger partial charge in [-0.1, -0.05) is 13.3 Å². The number of methoxy groups -OCH3 is 1. The lowest BCUT2D eigenvalue weighted by molar-refractivity contribution is 0.177. The number of aliphatic imine (C=N–C) groups is 1. The van der Waals surface area contributed by atoms with E-state index in [4.69, 9.17) is 4.74 Å². The van der Waals surface area contributed by atoms with E-state index in [0.717, 1.165) is 12.8 Å². The summed E-state index contributed by atoms with van der Waals surface area (Å²) in [5.41, 5.74) is 0. The van der Waals surface area contributed by atoms with Crippen LogP contribution < -0.4 is 0 Å². The van der Waals surface area contributed by atoms with Crippen LogP contribution in [0.4, 0.5) is 0 Å². The maximum atomic E-state index is 9.82. The highest BCUT2D eigenvalue weighted by molar-refractivity contribution is 5.33. The molecule has 0 amide bonds. The van der Waals surface area contributed by atoms with Crippen molar-refractivity contribution in [3.05, 3.63) is 0 Å². The number of ether oxygens (including phenoxy) is 1. The zero-order valence-corrected chi connectivity index (χ0v) is 6.46. The molecule has 0 spiro atoms. The second-order valence-corrected chi connectivity index (χ2v) is 2.12. The number of carbonyl (C=O) groups excluding carboxylic acids is 1. The SMILES string of the molecule is CCCC(COC)N=C=O. The second-order valence-electron chi connectivity index (χ2n) is 2.12. The Bertz CT molecular complexity index is 113. The van der Waals surface area contributed by atoms with Gasteiger partial charge in [-0.05, 0) is 6.42 Å². The summed E-state index contributed by atoms with van der Waals surface area (Å²) in [4.78, 5) is 13.4. The first-order chi connectivity index (χ1) is 4.85. The van der Waals surface area contributed by atoms with Gasteiger partial charge in [0.25, 0.3) is 0 Å². The Labute approximate surface area is 61.1 Å². The lowest BCUT2D eigenvalue weighted by Gasteiger charge is -2.05. The summed E-state index contributed by atoms with van der Waals surface area (Å²) < 4.78 is 4.84. The van der Waals surface area contributed by atoms with Crippen molar-refractivity contribution in [1.82, 2.24) is 0 Å². The van der Waals surface area contributed by atoms with Crippen molar-refractivity contribution >= 4 is 6.08 Å². The van der Waals surface area contributed by atoms with Crippen molar-refractivity contribution in [2.45, 2.75) is 25.8 Å². The Kier molecular flexibility index (Phi) is 6.03. The first kappa shape index (κ1) is 9.34. The molecule has 0 N–H and O–H groups in total. The van der Waals surface area contributed by atoms with Gasteiger partial charge in [0.1, 0.15) is 0 Å². The summed E-state index contributed by atoms with van der Waals surface area (Å²) in [6.07, 6.45) is 3.44. The fourth-order valence-electron chi connectivity index (χ4n) is 0.785. The van der Waals surface area contributed by atoms with Crippen molar-refractivity contribution in [3.63, 3.8) is 0 Å². The van der Waals surface area contributed by atoms with Gasteiger partial charge in [0.15, 0.2) is 0 Å². The van der Waals surface area contributed by atoms with Crippen LogP contribution in [0.5, 0.6) is 0 Å². The largest absolute Gasteiger partial charge is 0.382 e. The molecule has 1 atom stereocenters. The smallest absolute Gasteiger partial charge is 0.235 e. The summed E-state index contributed by atoms with van der Waals surface area (Å²) in [6.45, 7) is 2.56. The molecule has 0 aliphatic rings. The number of hydrogen-bond acceptors (Lipinski definition) is 3. The van der Waals surface area contributed by atoms with Gasteiger partial charge in [0, 0.05) is 7.11 Å². The highest BCUT2D eigenvalue weighted by Gasteiger charge is 2.02. The molecule has 0 rings (SSSR count). The Balaban J connectivity index is 3.60. The lowest BCUT2D eigenvalue weighted by Crippen LogP contribution is -2.11. The van der Waals surface area contributed by atoms with Gasteiger partial charge < -0.3 is 4.74 Å². The maximum Gasteiger partial charge on any atom is 0.235 e. The van der Waals surface area contributed by atoms with Gasteiger partial charge in [-0.25, -0.2) is 9.79 Å². The van der Waals surface area contributed by atoms with E-state index >= 15 is 0 Å². The molecule has 58 valence electrons. The van der Waals surface area contributed by atoms with E-state index in [1.165, 1.54) is 6.08 Å². The monoisotopic (exact) mass is 143 g/mol. The number of hydrogen-bond donors (Lipinski definition) is 0. The molecular formula is C7H13NO2. The average Bonchev–Trinajstić information content (AvgIpc) is 1.90. The van der Waals surface area contributed by atoms with Crippen molar-refractivity contribution in [2.75, 3.05) is 13.7 Å². The van der Waals surface area contributed by atoms with Gasteiger partial charge in [0.2, 0.25) is 6.08 Å². The summed E-state index contributed by atoms with van der Waals surface area (Å²) >= 11 is 0. The molecular weight excluding hydrogens is 130 g/mol. The molecule has 10 heavy (non-hydrogen) atoms.